The van der Waals surface area contributed by atoms with E-state index in [4.69, 9.17) is 9.47 Å². The number of hydrogen-bond donors (Lipinski definition) is 1. The van der Waals surface area contributed by atoms with Crippen molar-refractivity contribution in [1.29, 1.82) is 0 Å². The Morgan fingerprint density at radius 1 is 1.32 bits per heavy atom. The first-order valence-electron chi connectivity index (χ1n) is 6.43. The normalized spacial score (nSPS) is 10.9. The number of benzene rings is 1. The van der Waals surface area contributed by atoms with Crippen molar-refractivity contribution in [3.05, 3.63) is 17.2 Å². The molecule has 4 nitrogen and oxygen atoms in total. The van der Waals surface area contributed by atoms with Crippen LogP contribution in [0.15, 0.2) is 6.07 Å². The average Bonchev–Trinajstić information content (AvgIpc) is 2.79. The van der Waals surface area contributed by atoms with Crippen molar-refractivity contribution in [2.45, 2.75) is 20.8 Å². The number of rotatable bonds is 6. The number of aryl methyl sites for hydroxylation is 1. The summed E-state index contributed by atoms with van der Waals surface area (Å²) in [5.41, 5.74) is 3.42. The highest BCUT2D eigenvalue weighted by Crippen LogP contribution is 2.34. The Bertz CT molecular complexity index is 566. The molecular formula is C14H20N2O2S. The fourth-order valence-electron chi connectivity index (χ4n) is 1.93. The van der Waals surface area contributed by atoms with Crippen molar-refractivity contribution in [2.75, 3.05) is 32.2 Å². The number of fused-ring (bicyclic) bond motifs is 1. The van der Waals surface area contributed by atoms with Crippen molar-refractivity contribution < 1.29 is 9.47 Å². The van der Waals surface area contributed by atoms with Gasteiger partial charge in [-0.1, -0.05) is 11.3 Å². The second kappa shape index (κ2) is 6.21. The van der Waals surface area contributed by atoms with Gasteiger partial charge in [0.25, 0.3) is 0 Å². The van der Waals surface area contributed by atoms with Gasteiger partial charge >= 0.3 is 0 Å². The number of thiazole rings is 1. The quantitative estimate of drug-likeness (QED) is 0.824. The lowest BCUT2D eigenvalue weighted by Gasteiger charge is -2.09. The van der Waals surface area contributed by atoms with Crippen LogP contribution in [0.4, 0.5) is 5.13 Å². The Kier molecular flexibility index (Phi) is 4.61. The molecule has 0 aliphatic heterocycles. The number of nitrogens with one attached hydrogen (secondary N) is 1. The van der Waals surface area contributed by atoms with Gasteiger partial charge in [-0.2, -0.15) is 0 Å². The molecule has 0 bridgehead atoms. The van der Waals surface area contributed by atoms with Crippen LogP contribution in [0, 0.1) is 13.8 Å². The van der Waals surface area contributed by atoms with Gasteiger partial charge in [0, 0.05) is 13.7 Å². The standard InChI is InChI=1S/C14H20N2O2S/c1-5-18-11-8-12-13(10(3)9(11)2)16-14(19-12)15-6-7-17-4/h8H,5-7H2,1-4H3,(H,15,16). The van der Waals surface area contributed by atoms with E-state index in [1.54, 1.807) is 18.4 Å². The maximum Gasteiger partial charge on any atom is 0.183 e. The van der Waals surface area contributed by atoms with Crippen molar-refractivity contribution in [2.24, 2.45) is 0 Å². The second-order valence-corrected chi connectivity index (χ2v) is 5.37. The third-order valence-electron chi connectivity index (χ3n) is 3.09. The highest BCUT2D eigenvalue weighted by Gasteiger charge is 2.12. The predicted molar refractivity (Wildman–Crippen MR) is 80.6 cm³/mol. The highest BCUT2D eigenvalue weighted by molar-refractivity contribution is 7.22. The van der Waals surface area contributed by atoms with Gasteiger partial charge in [-0.05, 0) is 38.0 Å². The van der Waals surface area contributed by atoms with E-state index in [2.05, 4.69) is 30.2 Å². The van der Waals surface area contributed by atoms with Gasteiger partial charge in [0.2, 0.25) is 0 Å². The molecule has 1 N–H and O–H groups in total. The number of ether oxygens (including phenoxy) is 2. The minimum atomic E-state index is 0.679. The summed E-state index contributed by atoms with van der Waals surface area (Å²) in [6, 6.07) is 2.08. The molecule has 19 heavy (non-hydrogen) atoms. The number of nitrogens with zero attached hydrogens (tertiary/aromatic N) is 1. The average molecular weight is 280 g/mol. The van der Waals surface area contributed by atoms with E-state index in [1.165, 1.54) is 11.1 Å². The maximum atomic E-state index is 5.67. The van der Waals surface area contributed by atoms with Crippen molar-refractivity contribution in [3.8, 4) is 5.75 Å². The zero-order chi connectivity index (χ0) is 13.8. The SMILES string of the molecule is CCOc1cc2sc(NCCOC)nc2c(C)c1C. The van der Waals surface area contributed by atoms with E-state index >= 15 is 0 Å². The van der Waals surface area contributed by atoms with E-state index in [-0.39, 0.29) is 0 Å². The summed E-state index contributed by atoms with van der Waals surface area (Å²) < 4.78 is 11.9. The van der Waals surface area contributed by atoms with Gasteiger partial charge in [-0.3, -0.25) is 0 Å². The minimum absolute atomic E-state index is 0.679. The smallest absolute Gasteiger partial charge is 0.183 e. The molecule has 1 aromatic heterocycles. The van der Waals surface area contributed by atoms with E-state index < -0.39 is 0 Å². The van der Waals surface area contributed by atoms with Gasteiger partial charge < -0.3 is 14.8 Å². The predicted octanol–water partition coefficient (Wildman–Crippen LogP) is 3.37. The summed E-state index contributed by atoms with van der Waals surface area (Å²) in [5.74, 6) is 0.958. The lowest BCUT2D eigenvalue weighted by Crippen LogP contribution is -2.06. The molecule has 0 atom stereocenters. The molecule has 104 valence electrons. The first kappa shape index (κ1) is 14.1. The van der Waals surface area contributed by atoms with Crippen LogP contribution in [0.1, 0.15) is 18.1 Å². The summed E-state index contributed by atoms with van der Waals surface area (Å²) in [5, 5.41) is 4.21. The molecule has 0 amide bonds. The molecule has 2 aromatic rings. The molecule has 0 radical (unpaired) electrons. The zero-order valence-electron chi connectivity index (χ0n) is 11.9. The maximum absolute atomic E-state index is 5.67. The van der Waals surface area contributed by atoms with Crippen LogP contribution in [0.25, 0.3) is 10.2 Å². The van der Waals surface area contributed by atoms with Crippen LogP contribution in [0.3, 0.4) is 0 Å². The topological polar surface area (TPSA) is 43.4 Å². The van der Waals surface area contributed by atoms with Gasteiger partial charge in [-0.15, -0.1) is 0 Å². The molecule has 1 heterocycles. The molecule has 2 rings (SSSR count). The number of hydrogen-bond acceptors (Lipinski definition) is 5. The summed E-state index contributed by atoms with van der Waals surface area (Å²) in [6.45, 7) is 8.31. The number of aromatic nitrogens is 1. The van der Waals surface area contributed by atoms with Crippen LogP contribution in [0.2, 0.25) is 0 Å². The van der Waals surface area contributed by atoms with E-state index in [1.807, 2.05) is 6.92 Å². The first-order valence-corrected chi connectivity index (χ1v) is 7.25. The summed E-state index contributed by atoms with van der Waals surface area (Å²) >= 11 is 1.65. The summed E-state index contributed by atoms with van der Waals surface area (Å²) in [6.07, 6.45) is 0. The molecule has 1 aromatic carbocycles. The third kappa shape index (κ3) is 2.98. The molecule has 0 spiro atoms. The fraction of sp³-hybridized carbons (Fsp3) is 0.500. The fourth-order valence-corrected chi connectivity index (χ4v) is 2.91. The molecule has 5 heteroatoms. The van der Waals surface area contributed by atoms with Crippen LogP contribution in [-0.4, -0.2) is 31.9 Å². The summed E-state index contributed by atoms with van der Waals surface area (Å²) in [4.78, 5) is 4.64. The molecule has 0 saturated carbocycles. The van der Waals surface area contributed by atoms with Crippen LogP contribution >= 0.6 is 11.3 Å². The molecule has 0 fully saturated rings. The van der Waals surface area contributed by atoms with Gasteiger partial charge in [0.15, 0.2) is 5.13 Å². The third-order valence-corrected chi connectivity index (χ3v) is 4.05. The molecule has 0 saturated heterocycles. The lowest BCUT2D eigenvalue weighted by atomic mass is 10.1. The molecular weight excluding hydrogens is 260 g/mol. The Balaban J connectivity index is 2.33. The van der Waals surface area contributed by atoms with Crippen LogP contribution < -0.4 is 10.1 Å². The lowest BCUT2D eigenvalue weighted by molar-refractivity contribution is 0.211. The second-order valence-electron chi connectivity index (χ2n) is 4.34. The van der Waals surface area contributed by atoms with E-state index in [9.17, 15) is 0 Å². The first-order chi connectivity index (χ1) is 9.17. The Hall–Kier alpha value is -1.33. The van der Waals surface area contributed by atoms with Crippen LogP contribution in [0.5, 0.6) is 5.75 Å². The molecule has 0 aliphatic carbocycles. The zero-order valence-corrected chi connectivity index (χ0v) is 12.7. The van der Waals surface area contributed by atoms with Crippen molar-refractivity contribution >= 4 is 26.7 Å². The largest absolute Gasteiger partial charge is 0.494 e. The van der Waals surface area contributed by atoms with Gasteiger partial charge in [0.1, 0.15) is 5.75 Å². The monoisotopic (exact) mass is 280 g/mol. The van der Waals surface area contributed by atoms with Gasteiger partial charge in [-0.25, -0.2) is 4.98 Å². The highest BCUT2D eigenvalue weighted by atomic mass is 32.1. The number of anilines is 1. The Morgan fingerprint density at radius 3 is 2.79 bits per heavy atom. The van der Waals surface area contributed by atoms with Crippen molar-refractivity contribution in [1.82, 2.24) is 4.98 Å². The Labute approximate surface area is 117 Å². The van der Waals surface area contributed by atoms with Crippen molar-refractivity contribution in [3.63, 3.8) is 0 Å². The molecule has 0 unspecified atom stereocenters. The van der Waals surface area contributed by atoms with Crippen LogP contribution in [-0.2, 0) is 4.74 Å². The van der Waals surface area contributed by atoms with E-state index in [0.717, 1.165) is 27.6 Å². The van der Waals surface area contributed by atoms with Gasteiger partial charge in [0.05, 0.1) is 23.4 Å². The molecule has 0 aliphatic rings. The van der Waals surface area contributed by atoms with E-state index in [0.29, 0.717) is 13.2 Å². The Morgan fingerprint density at radius 2 is 2.11 bits per heavy atom. The minimum Gasteiger partial charge on any atom is -0.494 e. The number of methoxy groups -OCH3 is 1. The summed E-state index contributed by atoms with van der Waals surface area (Å²) in [7, 11) is 1.70.